The molecule has 0 aliphatic heterocycles. The molecule has 164 valence electrons. The number of aryl methyl sites for hydroxylation is 1. The normalized spacial score (nSPS) is 11.1. The van der Waals surface area contributed by atoms with Crippen molar-refractivity contribution in [2.24, 2.45) is 0 Å². The Bertz CT molecular complexity index is 1270. The van der Waals surface area contributed by atoms with Gasteiger partial charge in [0.2, 0.25) is 0 Å². The molecule has 0 bridgehead atoms. The lowest BCUT2D eigenvalue weighted by molar-refractivity contribution is 0.102. The van der Waals surface area contributed by atoms with Crippen molar-refractivity contribution in [3.05, 3.63) is 65.9 Å². The second-order valence-electron chi connectivity index (χ2n) is 7.85. The second-order valence-corrected chi connectivity index (χ2v) is 7.85. The van der Waals surface area contributed by atoms with E-state index >= 15 is 0 Å². The van der Waals surface area contributed by atoms with Gasteiger partial charge in [-0.25, -0.2) is 9.67 Å². The van der Waals surface area contributed by atoms with Gasteiger partial charge in [0, 0.05) is 35.5 Å². The molecule has 32 heavy (non-hydrogen) atoms. The summed E-state index contributed by atoms with van der Waals surface area (Å²) in [7, 11) is 3.14. The van der Waals surface area contributed by atoms with Gasteiger partial charge in [0.25, 0.3) is 5.91 Å². The highest BCUT2D eigenvalue weighted by Crippen LogP contribution is 2.30. The van der Waals surface area contributed by atoms with E-state index in [2.05, 4.69) is 10.4 Å². The van der Waals surface area contributed by atoms with Crippen LogP contribution in [0.5, 0.6) is 11.5 Å². The van der Waals surface area contributed by atoms with Crippen molar-refractivity contribution in [1.82, 2.24) is 14.8 Å². The van der Waals surface area contributed by atoms with Crippen molar-refractivity contribution < 1.29 is 14.3 Å². The Balaban J connectivity index is 1.84. The van der Waals surface area contributed by atoms with Crippen LogP contribution in [-0.4, -0.2) is 34.9 Å². The molecule has 0 radical (unpaired) electrons. The zero-order chi connectivity index (χ0) is 22.8. The first-order valence-corrected chi connectivity index (χ1v) is 10.4. The Hall–Kier alpha value is -3.87. The number of nitrogens with one attached hydrogen (secondary N) is 1. The molecule has 0 unspecified atom stereocenters. The third-order valence-electron chi connectivity index (χ3n) is 5.33. The standard InChI is InChI=1S/C25H26N4O3/c1-15(2)29-24-22(14-26-29)21(13-23(28-24)20-9-7-6-8-16(20)3)25(30)27-17-10-18(31-4)12-19(11-17)32-5/h6-15H,1-5H3,(H,27,30). The van der Waals surface area contributed by atoms with Crippen LogP contribution < -0.4 is 14.8 Å². The maximum atomic E-state index is 13.4. The fourth-order valence-corrected chi connectivity index (χ4v) is 3.66. The molecule has 7 heteroatoms. The smallest absolute Gasteiger partial charge is 0.256 e. The van der Waals surface area contributed by atoms with Gasteiger partial charge >= 0.3 is 0 Å². The molecule has 1 N–H and O–H groups in total. The number of benzene rings is 2. The lowest BCUT2D eigenvalue weighted by Crippen LogP contribution is -2.13. The summed E-state index contributed by atoms with van der Waals surface area (Å²) >= 11 is 0. The molecule has 0 aliphatic rings. The van der Waals surface area contributed by atoms with Crippen LogP contribution >= 0.6 is 0 Å². The first kappa shape index (κ1) is 21.4. The molecular weight excluding hydrogens is 404 g/mol. The van der Waals surface area contributed by atoms with Gasteiger partial charge in [-0.1, -0.05) is 24.3 Å². The third-order valence-corrected chi connectivity index (χ3v) is 5.33. The number of carbonyl (C=O) groups excluding carboxylic acids is 1. The fraction of sp³-hybridized carbons (Fsp3) is 0.240. The molecule has 2 heterocycles. The van der Waals surface area contributed by atoms with Crippen LogP contribution in [0.15, 0.2) is 54.7 Å². The number of carbonyl (C=O) groups is 1. The highest BCUT2D eigenvalue weighted by Gasteiger charge is 2.19. The van der Waals surface area contributed by atoms with Gasteiger partial charge in [-0.05, 0) is 32.4 Å². The van der Waals surface area contributed by atoms with Gasteiger partial charge in [-0.3, -0.25) is 4.79 Å². The first-order valence-electron chi connectivity index (χ1n) is 10.4. The predicted octanol–water partition coefficient (Wildman–Crippen LogP) is 5.26. The topological polar surface area (TPSA) is 78.3 Å². The summed E-state index contributed by atoms with van der Waals surface area (Å²) in [6, 6.07) is 15.2. The van der Waals surface area contributed by atoms with E-state index in [1.807, 2.05) is 55.8 Å². The maximum Gasteiger partial charge on any atom is 0.256 e. The van der Waals surface area contributed by atoms with E-state index in [4.69, 9.17) is 14.5 Å². The number of hydrogen-bond acceptors (Lipinski definition) is 5. The SMILES string of the molecule is COc1cc(NC(=O)c2cc(-c3ccccc3C)nc3c2cnn3C(C)C)cc(OC)c1. The molecule has 0 atom stereocenters. The summed E-state index contributed by atoms with van der Waals surface area (Å²) in [5.41, 5.74) is 4.54. The minimum atomic E-state index is -0.258. The number of amides is 1. The van der Waals surface area contributed by atoms with E-state index in [9.17, 15) is 4.79 Å². The number of pyridine rings is 1. The summed E-state index contributed by atoms with van der Waals surface area (Å²) in [5, 5.41) is 8.16. The highest BCUT2D eigenvalue weighted by molar-refractivity contribution is 6.12. The summed E-state index contributed by atoms with van der Waals surface area (Å²) in [5.74, 6) is 0.923. The molecule has 7 nitrogen and oxygen atoms in total. The molecule has 0 saturated heterocycles. The third kappa shape index (κ3) is 4.01. The quantitative estimate of drug-likeness (QED) is 0.452. The monoisotopic (exact) mass is 430 g/mol. The van der Waals surface area contributed by atoms with Crippen molar-refractivity contribution in [1.29, 1.82) is 0 Å². The fourth-order valence-electron chi connectivity index (χ4n) is 3.66. The predicted molar refractivity (Wildman–Crippen MR) is 126 cm³/mol. The van der Waals surface area contributed by atoms with Crippen LogP contribution in [0.4, 0.5) is 5.69 Å². The number of nitrogens with zero attached hydrogens (tertiary/aromatic N) is 3. The van der Waals surface area contributed by atoms with E-state index < -0.39 is 0 Å². The van der Waals surface area contributed by atoms with Gasteiger partial charge < -0.3 is 14.8 Å². The lowest BCUT2D eigenvalue weighted by Gasteiger charge is -2.13. The summed E-state index contributed by atoms with van der Waals surface area (Å²) in [4.78, 5) is 18.3. The number of hydrogen-bond donors (Lipinski definition) is 1. The van der Waals surface area contributed by atoms with Crippen molar-refractivity contribution in [2.45, 2.75) is 26.8 Å². The van der Waals surface area contributed by atoms with Gasteiger partial charge in [0.15, 0.2) is 5.65 Å². The molecule has 0 saturated carbocycles. The number of anilines is 1. The Morgan fingerprint density at radius 3 is 2.34 bits per heavy atom. The van der Waals surface area contributed by atoms with Gasteiger partial charge in [-0.15, -0.1) is 0 Å². The summed E-state index contributed by atoms with van der Waals surface area (Å²) in [6.45, 7) is 6.11. The Kier molecular flexibility index (Phi) is 5.81. The number of fused-ring (bicyclic) bond motifs is 1. The molecule has 4 rings (SSSR count). The van der Waals surface area contributed by atoms with Gasteiger partial charge in [-0.2, -0.15) is 5.10 Å². The molecule has 4 aromatic rings. The average molecular weight is 431 g/mol. The Morgan fingerprint density at radius 1 is 1.03 bits per heavy atom. The molecule has 2 aromatic heterocycles. The van der Waals surface area contributed by atoms with E-state index in [1.165, 1.54) is 0 Å². The molecule has 0 spiro atoms. The van der Waals surface area contributed by atoms with E-state index in [-0.39, 0.29) is 11.9 Å². The van der Waals surface area contributed by atoms with Crippen molar-refractivity contribution in [3.63, 3.8) is 0 Å². The molecular formula is C25H26N4O3. The molecule has 2 aromatic carbocycles. The van der Waals surface area contributed by atoms with Crippen LogP contribution in [0.3, 0.4) is 0 Å². The lowest BCUT2D eigenvalue weighted by atomic mass is 10.0. The summed E-state index contributed by atoms with van der Waals surface area (Å²) < 4.78 is 12.5. The molecule has 0 fully saturated rings. The van der Waals surface area contributed by atoms with Crippen molar-refractivity contribution >= 4 is 22.6 Å². The second kappa shape index (κ2) is 8.70. The first-order chi connectivity index (χ1) is 15.4. The van der Waals surface area contributed by atoms with Gasteiger partial charge in [0.05, 0.1) is 37.1 Å². The molecule has 1 amide bonds. The number of ether oxygens (including phenoxy) is 2. The Morgan fingerprint density at radius 2 is 1.72 bits per heavy atom. The average Bonchev–Trinajstić information content (AvgIpc) is 3.22. The van der Waals surface area contributed by atoms with Crippen LogP contribution in [0.2, 0.25) is 0 Å². The largest absolute Gasteiger partial charge is 0.497 e. The van der Waals surface area contributed by atoms with E-state index in [0.29, 0.717) is 33.8 Å². The highest BCUT2D eigenvalue weighted by atomic mass is 16.5. The van der Waals surface area contributed by atoms with E-state index in [1.54, 1.807) is 38.6 Å². The van der Waals surface area contributed by atoms with Gasteiger partial charge in [0.1, 0.15) is 11.5 Å². The minimum Gasteiger partial charge on any atom is -0.497 e. The Labute approximate surface area is 187 Å². The van der Waals surface area contributed by atoms with Crippen LogP contribution in [0, 0.1) is 6.92 Å². The van der Waals surface area contributed by atoms with Crippen LogP contribution in [-0.2, 0) is 0 Å². The maximum absolute atomic E-state index is 13.4. The molecule has 0 aliphatic carbocycles. The zero-order valence-corrected chi connectivity index (χ0v) is 18.8. The van der Waals surface area contributed by atoms with Crippen molar-refractivity contribution in [3.8, 4) is 22.8 Å². The number of methoxy groups -OCH3 is 2. The summed E-state index contributed by atoms with van der Waals surface area (Å²) in [6.07, 6.45) is 1.70. The number of rotatable bonds is 6. The van der Waals surface area contributed by atoms with Crippen molar-refractivity contribution in [2.75, 3.05) is 19.5 Å². The van der Waals surface area contributed by atoms with Crippen LogP contribution in [0.1, 0.15) is 35.8 Å². The van der Waals surface area contributed by atoms with E-state index in [0.717, 1.165) is 16.8 Å². The minimum absolute atomic E-state index is 0.102. The zero-order valence-electron chi connectivity index (χ0n) is 18.8. The number of aromatic nitrogens is 3. The van der Waals surface area contributed by atoms with Crippen LogP contribution in [0.25, 0.3) is 22.3 Å².